The van der Waals surface area contributed by atoms with E-state index in [1.54, 1.807) is 103 Å². The van der Waals surface area contributed by atoms with Crippen molar-refractivity contribution in [2.45, 2.75) is 5.51 Å². The van der Waals surface area contributed by atoms with Crippen molar-refractivity contribution in [3.8, 4) is 11.3 Å². The average molecular weight is 691 g/mol. The minimum atomic E-state index is -6.15. The second-order valence-corrected chi connectivity index (χ2v) is 16.3. The molecule has 0 saturated carbocycles. The Bertz CT molecular complexity index is 1640. The van der Waals surface area contributed by atoms with Crippen LogP contribution >= 0.6 is 29.4 Å². The molecule has 10 heteroatoms. The van der Waals surface area contributed by atoms with Crippen molar-refractivity contribution in [2.24, 2.45) is 0 Å². The first-order valence-electron chi connectivity index (χ1n) is 12.0. The van der Waals surface area contributed by atoms with Gasteiger partial charge in [0, 0.05) is 0 Å². The zero-order chi connectivity index (χ0) is 28.5. The quantitative estimate of drug-likeness (QED) is 0.115. The summed E-state index contributed by atoms with van der Waals surface area (Å²) in [4.78, 5) is 4.50. The minimum absolute atomic E-state index is 0.256. The van der Waals surface area contributed by atoms with Crippen LogP contribution in [0.4, 0.5) is 13.2 Å². The van der Waals surface area contributed by atoms with Crippen LogP contribution in [0.3, 0.4) is 0 Å². The number of alkyl halides is 3. The second kappa shape index (κ2) is 10.7. The summed E-state index contributed by atoms with van der Waals surface area (Å²) >= 11 is 2.18. The van der Waals surface area contributed by atoms with Gasteiger partial charge in [0.1, 0.15) is 0 Å². The molecular formula is C30H22F3INO3PS. The summed E-state index contributed by atoms with van der Waals surface area (Å²) in [6, 6.07) is 35.5. The van der Waals surface area contributed by atoms with Crippen LogP contribution in [0.2, 0.25) is 0 Å². The molecule has 1 aromatic heterocycles. The Morgan fingerprint density at radius 2 is 1.10 bits per heavy atom. The third kappa shape index (κ3) is 4.64. The zero-order valence-electron chi connectivity index (χ0n) is 20.7. The van der Waals surface area contributed by atoms with Gasteiger partial charge in [0.15, 0.2) is 0 Å². The Hall–Kier alpha value is -3.11. The van der Waals surface area contributed by atoms with E-state index in [9.17, 15) is 21.6 Å². The summed E-state index contributed by atoms with van der Waals surface area (Å²) in [6.07, 6.45) is 1.47. The number of benzene rings is 4. The molecule has 4 aromatic carbocycles. The van der Waals surface area contributed by atoms with E-state index in [0.29, 0.717) is 27.2 Å². The molecule has 0 fully saturated rings. The molecule has 0 aliphatic rings. The molecular weight excluding hydrogens is 669 g/mol. The molecule has 0 atom stereocenters. The number of pyridine rings is 1. The first kappa shape index (κ1) is 28.4. The molecule has 5 rings (SSSR count). The van der Waals surface area contributed by atoms with Gasteiger partial charge in [-0.1, -0.05) is 0 Å². The van der Waals surface area contributed by atoms with Gasteiger partial charge in [-0.25, -0.2) is 0 Å². The van der Waals surface area contributed by atoms with Crippen LogP contribution in [-0.4, -0.2) is 18.9 Å². The Morgan fingerprint density at radius 3 is 1.52 bits per heavy atom. The zero-order valence-corrected chi connectivity index (χ0v) is 24.6. The van der Waals surface area contributed by atoms with Crippen molar-refractivity contribution < 1.29 is 25.6 Å². The fourth-order valence-electron chi connectivity index (χ4n) is 4.91. The predicted molar refractivity (Wildman–Crippen MR) is 163 cm³/mol. The summed E-state index contributed by atoms with van der Waals surface area (Å²) < 4.78 is 76.2. The standard InChI is InChI=1S/C30H22F3INO3PS/c31-30(32,33)40(36,37)38-39(25-10-4-1-5-11-25,26-12-6-2-7-13-26,27-14-8-3-9-15-27)28-20-21-35-29(22-28)23-16-18-24(34)19-17-23/h1-22H. The van der Waals surface area contributed by atoms with Crippen LogP contribution in [-0.2, 0) is 14.1 Å². The van der Waals surface area contributed by atoms with Crippen LogP contribution in [0.25, 0.3) is 11.3 Å². The Balaban J connectivity index is 2.03. The molecule has 0 aliphatic heterocycles. The van der Waals surface area contributed by atoms with Crippen molar-refractivity contribution in [1.29, 1.82) is 0 Å². The van der Waals surface area contributed by atoms with Gasteiger partial charge in [-0.3, -0.25) is 0 Å². The van der Waals surface area contributed by atoms with Gasteiger partial charge in [0.25, 0.3) is 0 Å². The van der Waals surface area contributed by atoms with Crippen molar-refractivity contribution >= 4 is 60.8 Å². The molecule has 0 saturated heterocycles. The van der Waals surface area contributed by atoms with Gasteiger partial charge in [-0.05, 0) is 0 Å². The summed E-state index contributed by atoms with van der Waals surface area (Å²) in [5, 5.41) is 1.13. The first-order valence-corrected chi connectivity index (χ1v) is 16.7. The Kier molecular flexibility index (Phi) is 7.60. The number of hydrogen-bond acceptors (Lipinski definition) is 4. The molecule has 204 valence electrons. The van der Waals surface area contributed by atoms with Gasteiger partial charge in [0.2, 0.25) is 0 Å². The molecule has 0 unspecified atom stereocenters. The van der Waals surface area contributed by atoms with E-state index in [4.69, 9.17) is 3.97 Å². The van der Waals surface area contributed by atoms with E-state index < -0.39 is 22.5 Å². The Labute approximate surface area is 244 Å². The van der Waals surface area contributed by atoms with E-state index >= 15 is 0 Å². The molecule has 0 spiro atoms. The summed E-state index contributed by atoms with van der Waals surface area (Å²) in [5.41, 5.74) is -4.51. The number of aromatic nitrogens is 1. The maximum atomic E-state index is 14.3. The van der Waals surface area contributed by atoms with Crippen LogP contribution < -0.4 is 21.2 Å². The fourth-order valence-corrected chi connectivity index (χ4v) is 13.3. The number of hydrogen-bond donors (Lipinski definition) is 0. The van der Waals surface area contributed by atoms with Crippen molar-refractivity contribution in [3.05, 3.63) is 137 Å². The van der Waals surface area contributed by atoms with E-state index in [1.165, 1.54) is 6.20 Å². The number of halogens is 4. The monoisotopic (exact) mass is 691 g/mol. The van der Waals surface area contributed by atoms with Gasteiger partial charge in [-0.15, -0.1) is 0 Å². The molecule has 0 bridgehead atoms. The van der Waals surface area contributed by atoms with Gasteiger partial charge >= 0.3 is 245 Å². The molecule has 0 N–H and O–H groups in total. The van der Waals surface area contributed by atoms with Crippen molar-refractivity contribution in [2.75, 3.05) is 0 Å². The van der Waals surface area contributed by atoms with Crippen LogP contribution in [0.1, 0.15) is 0 Å². The summed E-state index contributed by atoms with van der Waals surface area (Å²) in [5.74, 6) is 0. The molecule has 5 aromatic rings. The normalized spacial score (nSPS) is 13.3. The van der Waals surface area contributed by atoms with E-state index in [-0.39, 0.29) is 5.30 Å². The van der Waals surface area contributed by atoms with E-state index in [1.807, 2.05) is 24.3 Å². The molecule has 4 nitrogen and oxygen atoms in total. The van der Waals surface area contributed by atoms with E-state index in [0.717, 1.165) is 3.57 Å². The topological polar surface area (TPSA) is 56.3 Å². The second-order valence-electron chi connectivity index (χ2n) is 8.92. The predicted octanol–water partition coefficient (Wildman–Crippen LogP) is 6.29. The average Bonchev–Trinajstić information content (AvgIpc) is 2.97. The number of rotatable bonds is 7. The third-order valence-corrected chi connectivity index (χ3v) is 15.0. The van der Waals surface area contributed by atoms with Gasteiger partial charge < -0.3 is 0 Å². The fraction of sp³-hybridized carbons (Fsp3) is 0.0333. The van der Waals surface area contributed by atoms with Crippen LogP contribution in [0.5, 0.6) is 0 Å². The number of nitrogens with zero attached hydrogens (tertiary/aromatic N) is 1. The molecule has 1 heterocycles. The molecule has 0 amide bonds. The van der Waals surface area contributed by atoms with Crippen molar-refractivity contribution in [1.82, 2.24) is 4.98 Å². The molecule has 40 heavy (non-hydrogen) atoms. The maximum absolute atomic E-state index is 14.3. The van der Waals surface area contributed by atoms with Crippen LogP contribution in [0, 0.1) is 3.57 Å². The summed E-state index contributed by atoms with van der Waals surface area (Å²) in [6.45, 7) is -5.16. The third-order valence-electron chi connectivity index (χ3n) is 6.65. The van der Waals surface area contributed by atoms with E-state index in [2.05, 4.69) is 27.6 Å². The first-order chi connectivity index (χ1) is 19.1. The van der Waals surface area contributed by atoms with Crippen LogP contribution in [0.15, 0.2) is 134 Å². The Morgan fingerprint density at radius 1 is 0.650 bits per heavy atom. The SMILES string of the molecule is O=S(=O)(OP(c1ccccc1)(c1ccccc1)(c1ccccc1)c1ccnc(-c2ccc(I)cc2)c1)C(F)(F)F. The molecule has 0 radical (unpaired) electrons. The van der Waals surface area contributed by atoms with Gasteiger partial charge in [-0.2, -0.15) is 0 Å². The van der Waals surface area contributed by atoms with Gasteiger partial charge in [0.05, 0.1) is 0 Å². The molecule has 0 aliphatic carbocycles. The van der Waals surface area contributed by atoms with Crippen molar-refractivity contribution in [3.63, 3.8) is 0 Å². The summed E-state index contributed by atoms with van der Waals surface area (Å²) in [7, 11) is -6.15.